The van der Waals surface area contributed by atoms with Gasteiger partial charge in [-0.25, -0.2) is 0 Å². The van der Waals surface area contributed by atoms with Crippen LogP contribution in [0.4, 0.5) is 5.69 Å². The molecule has 0 amide bonds. The molecule has 2 aliphatic heterocycles. The number of fused-ring (bicyclic) bond motifs is 3. The number of methoxy groups -OCH3 is 6. The Balaban J connectivity index is 1.38. The molecular formula is C40H44N2O8. The van der Waals surface area contributed by atoms with Crippen LogP contribution >= 0.6 is 0 Å². The normalized spacial score (nSPS) is 15.5. The van der Waals surface area contributed by atoms with Crippen molar-refractivity contribution in [3.63, 3.8) is 0 Å². The van der Waals surface area contributed by atoms with Crippen molar-refractivity contribution in [1.82, 2.24) is 4.90 Å². The zero-order valence-corrected chi connectivity index (χ0v) is 29.9. The lowest BCUT2D eigenvalue weighted by Crippen LogP contribution is -2.33. The number of likely N-dealkylation sites (N-methyl/N-ethyl adjacent to an activating group) is 2. The maximum absolute atomic E-state index is 10.7. The molecule has 5 aromatic rings. The molecule has 0 radical (unpaired) electrons. The molecule has 1 unspecified atom stereocenters. The third-order valence-electron chi connectivity index (χ3n) is 10.3. The molecule has 0 spiro atoms. The third-order valence-corrected chi connectivity index (χ3v) is 10.3. The summed E-state index contributed by atoms with van der Waals surface area (Å²) in [6.45, 7) is 1.75. The largest absolute Gasteiger partial charge is 0.504 e. The van der Waals surface area contributed by atoms with Crippen molar-refractivity contribution in [2.75, 3.05) is 74.7 Å². The maximum Gasteiger partial charge on any atom is 0.169 e. The highest BCUT2D eigenvalue weighted by molar-refractivity contribution is 6.18. The lowest BCUT2D eigenvalue weighted by atomic mass is 9.88. The van der Waals surface area contributed by atoms with Gasteiger partial charge >= 0.3 is 0 Å². The molecule has 2 aliphatic rings. The standard InChI is InChI=1S/C40H44N2O8/c1-41-11-9-22-15-32(44-3)30(43)19-26(22)28(41)14-25-18-33(45-4)35(47-6)21-31(25)50-36-17-24-13-29-38-23(10-12-42(29)2)16-37(48-7)40(49-8)39(38)27(24)20-34(36)46-5/h13,15-21,28,43H,9-12,14H2,1-8H3. The van der Waals surface area contributed by atoms with Gasteiger partial charge in [0.1, 0.15) is 5.75 Å². The molecule has 0 saturated heterocycles. The zero-order valence-electron chi connectivity index (χ0n) is 29.9. The van der Waals surface area contributed by atoms with Gasteiger partial charge in [0.15, 0.2) is 46.0 Å². The first-order valence-electron chi connectivity index (χ1n) is 16.7. The zero-order chi connectivity index (χ0) is 35.3. The van der Waals surface area contributed by atoms with Crippen LogP contribution in [-0.4, -0.2) is 79.9 Å². The molecule has 0 saturated carbocycles. The lowest BCUT2D eigenvalue weighted by Gasteiger charge is -2.35. The SMILES string of the molecule is COc1cc2c(cc1O)C(Cc1cc(OC)c(OC)cc1Oc1cc3cc4c5c(cc(OC)c(OC)c5c3cc1OC)CCN4C)N(C)CC2. The Hall–Kier alpha value is -5.22. The number of phenolic OH excluding ortho intramolecular Hbond substituents is 1. The third kappa shape index (κ3) is 5.48. The molecule has 10 heteroatoms. The first kappa shape index (κ1) is 33.3. The van der Waals surface area contributed by atoms with Crippen LogP contribution in [0.5, 0.6) is 51.7 Å². The summed E-state index contributed by atoms with van der Waals surface area (Å²) < 4.78 is 41.6. The fraction of sp³-hybridized carbons (Fsp3) is 0.350. The highest BCUT2D eigenvalue weighted by Gasteiger charge is 2.30. The predicted octanol–water partition coefficient (Wildman–Crippen LogP) is 7.31. The van der Waals surface area contributed by atoms with Crippen LogP contribution < -0.4 is 38.1 Å². The molecule has 10 nitrogen and oxygen atoms in total. The summed E-state index contributed by atoms with van der Waals surface area (Å²) in [5.41, 5.74) is 5.46. The molecule has 7 rings (SSSR count). The first-order valence-corrected chi connectivity index (χ1v) is 16.7. The van der Waals surface area contributed by atoms with Gasteiger partial charge in [0.2, 0.25) is 0 Å². The minimum Gasteiger partial charge on any atom is -0.504 e. The minimum atomic E-state index is -0.0406. The highest BCUT2D eigenvalue weighted by atomic mass is 16.5. The topological polar surface area (TPSA) is 91.3 Å². The average Bonchev–Trinajstić information content (AvgIpc) is 3.13. The van der Waals surface area contributed by atoms with Crippen molar-refractivity contribution in [1.29, 1.82) is 0 Å². The van der Waals surface area contributed by atoms with Crippen molar-refractivity contribution >= 4 is 27.2 Å². The van der Waals surface area contributed by atoms with E-state index >= 15 is 0 Å². The Morgan fingerprint density at radius 2 is 1.28 bits per heavy atom. The summed E-state index contributed by atoms with van der Waals surface area (Å²) in [4.78, 5) is 4.58. The summed E-state index contributed by atoms with van der Waals surface area (Å²) in [6, 6.07) is 15.9. The van der Waals surface area contributed by atoms with Crippen molar-refractivity contribution in [3.8, 4) is 51.7 Å². The summed E-state index contributed by atoms with van der Waals surface area (Å²) in [6.07, 6.45) is 2.34. The lowest BCUT2D eigenvalue weighted by molar-refractivity contribution is 0.226. The van der Waals surface area contributed by atoms with Crippen molar-refractivity contribution in [3.05, 3.63) is 70.8 Å². The van der Waals surface area contributed by atoms with Crippen LogP contribution in [0.15, 0.2) is 48.5 Å². The fourth-order valence-corrected chi connectivity index (χ4v) is 7.63. The predicted molar refractivity (Wildman–Crippen MR) is 195 cm³/mol. The summed E-state index contributed by atoms with van der Waals surface area (Å²) in [7, 11) is 14.0. The second kappa shape index (κ2) is 13.2. The Labute approximate surface area is 292 Å². The van der Waals surface area contributed by atoms with E-state index in [0.717, 1.165) is 69.9 Å². The van der Waals surface area contributed by atoms with Crippen LogP contribution in [0.3, 0.4) is 0 Å². The molecule has 5 aromatic carbocycles. The molecular weight excluding hydrogens is 636 g/mol. The molecule has 2 heterocycles. The smallest absolute Gasteiger partial charge is 0.169 e. The second-order valence-corrected chi connectivity index (χ2v) is 12.9. The van der Waals surface area contributed by atoms with Gasteiger partial charge in [-0.2, -0.15) is 0 Å². The number of benzene rings is 5. The molecule has 0 fully saturated rings. The molecule has 0 bridgehead atoms. The fourth-order valence-electron chi connectivity index (χ4n) is 7.63. The van der Waals surface area contributed by atoms with E-state index in [0.29, 0.717) is 52.4 Å². The average molecular weight is 681 g/mol. The van der Waals surface area contributed by atoms with E-state index in [1.165, 1.54) is 5.56 Å². The van der Waals surface area contributed by atoms with Gasteiger partial charge in [0.05, 0.1) is 42.7 Å². The first-order chi connectivity index (χ1) is 24.2. The van der Waals surface area contributed by atoms with E-state index < -0.39 is 0 Å². The summed E-state index contributed by atoms with van der Waals surface area (Å²) >= 11 is 0. The van der Waals surface area contributed by atoms with Gasteiger partial charge in [0.25, 0.3) is 0 Å². The highest BCUT2D eigenvalue weighted by Crippen LogP contribution is 2.50. The van der Waals surface area contributed by atoms with Crippen molar-refractivity contribution in [2.45, 2.75) is 25.3 Å². The van der Waals surface area contributed by atoms with Crippen LogP contribution in [0.2, 0.25) is 0 Å². The Kier molecular flexibility index (Phi) is 8.82. The monoisotopic (exact) mass is 680 g/mol. The molecule has 0 aliphatic carbocycles. The summed E-state index contributed by atoms with van der Waals surface area (Å²) in [5, 5.41) is 14.8. The number of hydrogen-bond donors (Lipinski definition) is 1. The second-order valence-electron chi connectivity index (χ2n) is 12.9. The van der Waals surface area contributed by atoms with Gasteiger partial charge in [-0.05, 0) is 96.2 Å². The van der Waals surface area contributed by atoms with E-state index in [2.05, 4.69) is 36.0 Å². The van der Waals surface area contributed by atoms with E-state index in [4.69, 9.17) is 33.2 Å². The van der Waals surface area contributed by atoms with Crippen molar-refractivity contribution in [2.24, 2.45) is 0 Å². The molecule has 262 valence electrons. The van der Waals surface area contributed by atoms with E-state index in [9.17, 15) is 5.11 Å². The summed E-state index contributed by atoms with van der Waals surface area (Å²) in [5.74, 6) is 4.87. The van der Waals surface area contributed by atoms with Crippen LogP contribution in [0.1, 0.15) is 28.3 Å². The number of rotatable bonds is 10. The molecule has 0 aromatic heterocycles. The molecule has 1 N–H and O–H groups in total. The quantitative estimate of drug-likeness (QED) is 0.152. The number of ether oxygens (including phenoxy) is 7. The van der Waals surface area contributed by atoms with E-state index in [1.54, 1.807) is 42.7 Å². The van der Waals surface area contributed by atoms with Gasteiger partial charge in [-0.3, -0.25) is 4.90 Å². The molecule has 1 atom stereocenters. The number of phenols is 1. The van der Waals surface area contributed by atoms with Gasteiger partial charge in [-0.15, -0.1) is 0 Å². The van der Waals surface area contributed by atoms with Gasteiger partial charge < -0.3 is 43.2 Å². The maximum atomic E-state index is 10.7. The Morgan fingerprint density at radius 3 is 1.98 bits per heavy atom. The number of nitrogens with zero attached hydrogens (tertiary/aromatic N) is 2. The van der Waals surface area contributed by atoms with E-state index in [1.807, 2.05) is 36.4 Å². The van der Waals surface area contributed by atoms with Crippen molar-refractivity contribution < 1.29 is 38.3 Å². The van der Waals surface area contributed by atoms with Gasteiger partial charge in [0, 0.05) is 54.3 Å². The van der Waals surface area contributed by atoms with E-state index in [-0.39, 0.29) is 11.8 Å². The Bertz CT molecular complexity index is 2110. The van der Waals surface area contributed by atoms with Crippen LogP contribution in [0.25, 0.3) is 21.5 Å². The number of hydrogen-bond acceptors (Lipinski definition) is 10. The number of aromatic hydroxyl groups is 1. The van der Waals surface area contributed by atoms with Crippen LogP contribution in [-0.2, 0) is 19.3 Å². The van der Waals surface area contributed by atoms with Gasteiger partial charge in [-0.1, -0.05) is 0 Å². The Morgan fingerprint density at radius 1 is 0.620 bits per heavy atom. The van der Waals surface area contributed by atoms with Crippen LogP contribution in [0, 0.1) is 0 Å². The molecule has 50 heavy (non-hydrogen) atoms. The minimum absolute atomic E-state index is 0.0406. The number of anilines is 1.